The van der Waals surface area contributed by atoms with E-state index in [0.29, 0.717) is 0 Å². The Kier molecular flexibility index (Phi) is 4.37. The second-order valence-corrected chi connectivity index (χ2v) is 6.61. The summed E-state index contributed by atoms with van der Waals surface area (Å²) in [7, 11) is 0. The third kappa shape index (κ3) is 3.04. The van der Waals surface area contributed by atoms with Crippen LogP contribution in [-0.2, 0) is 0 Å². The summed E-state index contributed by atoms with van der Waals surface area (Å²) in [5.74, 6) is 0. The Morgan fingerprint density at radius 1 is 0.577 bits per heavy atom. The molecule has 0 bridgehead atoms. The van der Waals surface area contributed by atoms with Gasteiger partial charge in [-0.05, 0) is 65.4 Å². The first kappa shape index (κ1) is 16.3. The van der Waals surface area contributed by atoms with Crippen LogP contribution in [0.25, 0.3) is 33.5 Å². The fourth-order valence-electron chi connectivity index (χ4n) is 3.57. The lowest BCUT2D eigenvalue weighted by Gasteiger charge is -2.15. The predicted molar refractivity (Wildman–Crippen MR) is 110 cm³/mol. The van der Waals surface area contributed by atoms with Crippen LogP contribution in [0.15, 0.2) is 91.1 Å². The van der Waals surface area contributed by atoms with E-state index in [4.69, 9.17) is 0 Å². The van der Waals surface area contributed by atoms with E-state index in [2.05, 4.69) is 91.6 Å². The number of nitrogens with zero attached hydrogens (tertiary/aromatic N) is 1. The zero-order valence-corrected chi connectivity index (χ0v) is 15.1. The van der Waals surface area contributed by atoms with Gasteiger partial charge in [-0.2, -0.15) is 0 Å². The van der Waals surface area contributed by atoms with Crippen LogP contribution in [0.3, 0.4) is 0 Å². The molecule has 0 spiro atoms. The lowest BCUT2D eigenvalue weighted by molar-refractivity contribution is 1.33. The normalized spacial score (nSPS) is 10.7. The van der Waals surface area contributed by atoms with Crippen LogP contribution in [0, 0.1) is 13.8 Å². The summed E-state index contributed by atoms with van der Waals surface area (Å²) >= 11 is 0. The van der Waals surface area contributed by atoms with Crippen molar-refractivity contribution in [3.63, 3.8) is 0 Å². The van der Waals surface area contributed by atoms with Gasteiger partial charge >= 0.3 is 0 Å². The van der Waals surface area contributed by atoms with Crippen molar-refractivity contribution in [1.82, 2.24) is 4.98 Å². The average Bonchev–Trinajstić information content (AvgIpc) is 2.69. The van der Waals surface area contributed by atoms with Gasteiger partial charge in [-0.25, -0.2) is 0 Å². The van der Waals surface area contributed by atoms with Crippen LogP contribution in [0.4, 0.5) is 0 Å². The van der Waals surface area contributed by atoms with Gasteiger partial charge in [-0.15, -0.1) is 0 Å². The second-order valence-electron chi connectivity index (χ2n) is 6.61. The van der Waals surface area contributed by atoms with Crippen LogP contribution in [0.1, 0.15) is 11.1 Å². The monoisotopic (exact) mass is 335 g/mol. The predicted octanol–water partition coefficient (Wildman–Crippen LogP) is 6.70. The number of hydrogen-bond acceptors (Lipinski definition) is 1. The molecule has 0 unspecified atom stereocenters. The van der Waals surface area contributed by atoms with E-state index in [1.54, 1.807) is 0 Å². The smallest absolute Gasteiger partial charge is 0.0702 e. The van der Waals surface area contributed by atoms with Crippen molar-refractivity contribution in [1.29, 1.82) is 0 Å². The van der Waals surface area contributed by atoms with Gasteiger partial charge in [0.05, 0.1) is 5.69 Å². The highest BCUT2D eigenvalue weighted by atomic mass is 14.7. The van der Waals surface area contributed by atoms with Gasteiger partial charge in [0, 0.05) is 11.8 Å². The van der Waals surface area contributed by atoms with Crippen LogP contribution >= 0.6 is 0 Å². The summed E-state index contributed by atoms with van der Waals surface area (Å²) < 4.78 is 0. The molecule has 0 atom stereocenters. The number of aryl methyl sites for hydroxylation is 2. The molecule has 0 aliphatic carbocycles. The highest BCUT2D eigenvalue weighted by Crippen LogP contribution is 2.36. The molecule has 0 saturated carbocycles. The second kappa shape index (κ2) is 6.97. The summed E-state index contributed by atoms with van der Waals surface area (Å²) in [5, 5.41) is 0. The van der Waals surface area contributed by atoms with Gasteiger partial charge in [-0.3, -0.25) is 4.98 Å². The molecule has 3 aromatic carbocycles. The number of benzene rings is 3. The van der Waals surface area contributed by atoms with E-state index >= 15 is 0 Å². The number of aromatic nitrogens is 1. The fourth-order valence-corrected chi connectivity index (χ4v) is 3.57. The zero-order valence-electron chi connectivity index (χ0n) is 15.1. The third-order valence-corrected chi connectivity index (χ3v) is 4.81. The lowest BCUT2D eigenvalue weighted by Crippen LogP contribution is -1.91. The average molecular weight is 335 g/mol. The Morgan fingerprint density at radius 3 is 1.96 bits per heavy atom. The molecule has 1 nitrogen and oxygen atoms in total. The first-order valence-electron chi connectivity index (χ1n) is 8.91. The molecule has 1 heteroatoms. The molecular formula is C25H21N. The molecule has 1 aromatic heterocycles. The van der Waals surface area contributed by atoms with Gasteiger partial charge in [-0.1, -0.05) is 66.7 Å². The van der Waals surface area contributed by atoms with Crippen molar-refractivity contribution in [2.75, 3.05) is 0 Å². The number of hydrogen-bond donors (Lipinski definition) is 0. The Bertz CT molecular complexity index is 1030. The Labute approximate surface area is 155 Å². The maximum atomic E-state index is 4.49. The molecule has 0 aliphatic rings. The topological polar surface area (TPSA) is 12.9 Å². The van der Waals surface area contributed by atoms with Crippen molar-refractivity contribution in [3.8, 4) is 33.5 Å². The minimum atomic E-state index is 0.999. The van der Waals surface area contributed by atoms with Crippen molar-refractivity contribution in [2.45, 2.75) is 13.8 Å². The van der Waals surface area contributed by atoms with Crippen LogP contribution in [0.5, 0.6) is 0 Å². The summed E-state index contributed by atoms with van der Waals surface area (Å²) in [6, 6.07) is 29.8. The Hall–Kier alpha value is -3.19. The highest BCUT2D eigenvalue weighted by molar-refractivity contribution is 5.87. The molecule has 126 valence electrons. The van der Waals surface area contributed by atoms with Crippen LogP contribution in [-0.4, -0.2) is 4.98 Å². The SMILES string of the molecule is Cc1cccc(C)c1-c1ccccc1-c1cccc(-c2ccccn2)c1. The summed E-state index contributed by atoms with van der Waals surface area (Å²) in [6.45, 7) is 4.37. The number of pyridine rings is 1. The van der Waals surface area contributed by atoms with Crippen molar-refractivity contribution in [3.05, 3.63) is 102 Å². The van der Waals surface area contributed by atoms with Crippen LogP contribution < -0.4 is 0 Å². The Balaban J connectivity index is 1.88. The van der Waals surface area contributed by atoms with E-state index in [1.165, 1.54) is 33.4 Å². The summed E-state index contributed by atoms with van der Waals surface area (Å²) in [6.07, 6.45) is 1.84. The van der Waals surface area contributed by atoms with Crippen LogP contribution in [0.2, 0.25) is 0 Å². The first-order chi connectivity index (χ1) is 12.7. The van der Waals surface area contributed by atoms with Gasteiger partial charge in [0.15, 0.2) is 0 Å². The molecule has 0 N–H and O–H groups in total. The van der Waals surface area contributed by atoms with Gasteiger partial charge in [0.25, 0.3) is 0 Å². The zero-order chi connectivity index (χ0) is 17.9. The van der Waals surface area contributed by atoms with Crippen molar-refractivity contribution < 1.29 is 0 Å². The van der Waals surface area contributed by atoms with E-state index in [-0.39, 0.29) is 0 Å². The molecule has 1 heterocycles. The molecule has 0 fully saturated rings. The molecule has 4 rings (SSSR count). The van der Waals surface area contributed by atoms with Gasteiger partial charge < -0.3 is 0 Å². The fraction of sp³-hybridized carbons (Fsp3) is 0.0800. The van der Waals surface area contributed by atoms with E-state index < -0.39 is 0 Å². The van der Waals surface area contributed by atoms with E-state index in [0.717, 1.165) is 11.3 Å². The van der Waals surface area contributed by atoms with Gasteiger partial charge in [0.2, 0.25) is 0 Å². The largest absolute Gasteiger partial charge is 0.256 e. The molecule has 0 amide bonds. The maximum absolute atomic E-state index is 4.49. The highest BCUT2D eigenvalue weighted by Gasteiger charge is 2.12. The molecule has 0 radical (unpaired) electrons. The van der Waals surface area contributed by atoms with Gasteiger partial charge in [0.1, 0.15) is 0 Å². The minimum absolute atomic E-state index is 0.999. The number of rotatable bonds is 3. The maximum Gasteiger partial charge on any atom is 0.0702 e. The molecular weight excluding hydrogens is 314 g/mol. The van der Waals surface area contributed by atoms with E-state index in [1.807, 2.05) is 18.3 Å². The van der Waals surface area contributed by atoms with Crippen molar-refractivity contribution in [2.24, 2.45) is 0 Å². The van der Waals surface area contributed by atoms with Crippen molar-refractivity contribution >= 4 is 0 Å². The Morgan fingerprint density at radius 2 is 1.23 bits per heavy atom. The minimum Gasteiger partial charge on any atom is -0.256 e. The third-order valence-electron chi connectivity index (χ3n) is 4.81. The molecule has 26 heavy (non-hydrogen) atoms. The lowest BCUT2D eigenvalue weighted by atomic mass is 9.89. The van der Waals surface area contributed by atoms with E-state index in [9.17, 15) is 0 Å². The standard InChI is InChI=1S/C25H21N/c1-18-9-7-10-19(2)25(18)23-14-4-3-13-22(23)20-11-8-12-21(17-20)24-15-5-6-16-26-24/h3-17H,1-2H3. The summed E-state index contributed by atoms with van der Waals surface area (Å²) in [4.78, 5) is 4.49. The molecule has 0 saturated heterocycles. The molecule has 4 aromatic rings. The first-order valence-corrected chi connectivity index (χ1v) is 8.91. The summed E-state index contributed by atoms with van der Waals surface area (Å²) in [5.41, 5.74) is 9.82. The molecule has 0 aliphatic heterocycles. The quantitative estimate of drug-likeness (QED) is 0.406.